The standard InChI is InChI=1S/C24H16FN7/c25-19-4-2-1-3-16(19)15-5-6-28-24-17(15)8-21(30-24)23-18-9-20(29-12-22(18)31-32-23)13-7-14(26)11-27-10-13/h1-12H,26H2,(H,28,30)(H,31,32). The molecule has 0 aliphatic carbocycles. The SMILES string of the molecule is Nc1cncc(-c2cc3c(-c4cc5c(-c6ccccc6F)ccnc5[nH]4)n[nH]c3cn2)c1. The van der Waals surface area contributed by atoms with Crippen molar-refractivity contribution in [3.63, 3.8) is 0 Å². The lowest BCUT2D eigenvalue weighted by Gasteiger charge is -2.04. The normalized spacial score (nSPS) is 11.4. The Balaban J connectivity index is 1.52. The topological polar surface area (TPSA) is 109 Å². The summed E-state index contributed by atoms with van der Waals surface area (Å²) in [5.41, 5.74) is 12.2. The quantitative estimate of drug-likeness (QED) is 0.374. The van der Waals surface area contributed by atoms with Crippen molar-refractivity contribution < 1.29 is 4.39 Å². The summed E-state index contributed by atoms with van der Waals surface area (Å²) in [7, 11) is 0. The second-order valence-corrected chi connectivity index (χ2v) is 7.48. The van der Waals surface area contributed by atoms with E-state index in [4.69, 9.17) is 5.73 Å². The molecule has 6 rings (SSSR count). The zero-order chi connectivity index (χ0) is 21.7. The molecule has 5 heterocycles. The first-order chi connectivity index (χ1) is 15.7. The Morgan fingerprint density at radius 2 is 1.78 bits per heavy atom. The number of nitrogens with one attached hydrogen (secondary N) is 2. The van der Waals surface area contributed by atoms with Crippen molar-refractivity contribution in [3.05, 3.63) is 79.1 Å². The second-order valence-electron chi connectivity index (χ2n) is 7.48. The molecule has 0 bridgehead atoms. The number of pyridine rings is 3. The van der Waals surface area contributed by atoms with Crippen LogP contribution in [-0.4, -0.2) is 30.1 Å². The molecule has 0 saturated carbocycles. The van der Waals surface area contributed by atoms with Crippen molar-refractivity contribution in [1.29, 1.82) is 0 Å². The highest BCUT2D eigenvalue weighted by atomic mass is 19.1. The van der Waals surface area contributed by atoms with Gasteiger partial charge in [0.1, 0.15) is 17.2 Å². The van der Waals surface area contributed by atoms with Crippen molar-refractivity contribution >= 4 is 27.6 Å². The molecular formula is C24H16FN7. The van der Waals surface area contributed by atoms with Crippen LogP contribution in [0.2, 0.25) is 0 Å². The van der Waals surface area contributed by atoms with Crippen LogP contribution in [0.5, 0.6) is 0 Å². The lowest BCUT2D eigenvalue weighted by molar-refractivity contribution is 0.631. The van der Waals surface area contributed by atoms with Crippen LogP contribution >= 0.6 is 0 Å². The van der Waals surface area contributed by atoms with E-state index >= 15 is 0 Å². The fourth-order valence-electron chi connectivity index (χ4n) is 3.95. The number of anilines is 1. The summed E-state index contributed by atoms with van der Waals surface area (Å²) in [6, 6.07) is 14.2. The molecule has 5 aromatic heterocycles. The van der Waals surface area contributed by atoms with E-state index in [1.54, 1.807) is 36.9 Å². The summed E-state index contributed by atoms with van der Waals surface area (Å²) < 4.78 is 14.5. The molecule has 0 unspecified atom stereocenters. The van der Waals surface area contributed by atoms with E-state index in [2.05, 4.69) is 30.1 Å². The van der Waals surface area contributed by atoms with Crippen molar-refractivity contribution in [2.24, 2.45) is 0 Å². The first-order valence-corrected chi connectivity index (χ1v) is 9.95. The van der Waals surface area contributed by atoms with Gasteiger partial charge in [-0.15, -0.1) is 0 Å². The molecule has 7 nitrogen and oxygen atoms in total. The van der Waals surface area contributed by atoms with Gasteiger partial charge in [0, 0.05) is 40.5 Å². The number of fused-ring (bicyclic) bond motifs is 2. The molecule has 0 radical (unpaired) electrons. The van der Waals surface area contributed by atoms with Crippen LogP contribution < -0.4 is 5.73 Å². The minimum absolute atomic E-state index is 0.278. The Labute approximate surface area is 181 Å². The minimum atomic E-state index is -0.278. The summed E-state index contributed by atoms with van der Waals surface area (Å²) in [6.45, 7) is 0. The third kappa shape index (κ3) is 2.89. The minimum Gasteiger partial charge on any atom is -0.397 e. The maximum Gasteiger partial charge on any atom is 0.138 e. The van der Waals surface area contributed by atoms with Crippen molar-refractivity contribution in [1.82, 2.24) is 30.1 Å². The average molecular weight is 421 g/mol. The van der Waals surface area contributed by atoms with E-state index < -0.39 is 0 Å². The lowest BCUT2D eigenvalue weighted by Crippen LogP contribution is -1.89. The van der Waals surface area contributed by atoms with Gasteiger partial charge in [0.05, 0.1) is 28.8 Å². The van der Waals surface area contributed by atoms with E-state index in [0.717, 1.165) is 44.5 Å². The number of nitrogens with zero attached hydrogens (tertiary/aromatic N) is 4. The van der Waals surface area contributed by atoms with Gasteiger partial charge < -0.3 is 10.7 Å². The fraction of sp³-hybridized carbons (Fsp3) is 0. The predicted octanol–water partition coefficient (Wildman–Crippen LogP) is 4.95. The van der Waals surface area contributed by atoms with Crippen LogP contribution in [0.3, 0.4) is 0 Å². The van der Waals surface area contributed by atoms with Crippen LogP contribution in [0, 0.1) is 5.82 Å². The highest BCUT2D eigenvalue weighted by Crippen LogP contribution is 2.34. The molecule has 0 amide bonds. The van der Waals surface area contributed by atoms with E-state index in [0.29, 0.717) is 16.9 Å². The van der Waals surface area contributed by atoms with E-state index in [-0.39, 0.29) is 5.82 Å². The van der Waals surface area contributed by atoms with Gasteiger partial charge in [0.2, 0.25) is 0 Å². The van der Waals surface area contributed by atoms with E-state index in [1.165, 1.54) is 6.07 Å². The maximum absolute atomic E-state index is 14.5. The molecule has 0 aliphatic rings. The summed E-state index contributed by atoms with van der Waals surface area (Å²) in [5.74, 6) is -0.278. The zero-order valence-electron chi connectivity index (χ0n) is 16.7. The molecule has 0 spiro atoms. The third-order valence-electron chi connectivity index (χ3n) is 5.45. The average Bonchev–Trinajstić information content (AvgIpc) is 3.43. The number of hydrogen-bond acceptors (Lipinski definition) is 5. The van der Waals surface area contributed by atoms with Gasteiger partial charge >= 0.3 is 0 Å². The van der Waals surface area contributed by atoms with Crippen molar-refractivity contribution in [2.75, 3.05) is 5.73 Å². The number of aromatic nitrogens is 6. The molecule has 4 N–H and O–H groups in total. The summed E-state index contributed by atoms with van der Waals surface area (Å²) in [5, 5.41) is 9.22. The maximum atomic E-state index is 14.5. The van der Waals surface area contributed by atoms with Gasteiger partial charge in [0.25, 0.3) is 0 Å². The van der Waals surface area contributed by atoms with Gasteiger partial charge in [-0.2, -0.15) is 5.10 Å². The summed E-state index contributed by atoms with van der Waals surface area (Å²) in [4.78, 5) is 16.4. The number of rotatable bonds is 3. The van der Waals surface area contributed by atoms with E-state index in [1.807, 2.05) is 30.3 Å². The predicted molar refractivity (Wildman–Crippen MR) is 122 cm³/mol. The number of halogens is 1. The Bertz CT molecular complexity index is 1620. The first-order valence-electron chi connectivity index (χ1n) is 9.95. The molecule has 0 saturated heterocycles. The zero-order valence-corrected chi connectivity index (χ0v) is 16.7. The first kappa shape index (κ1) is 18.2. The van der Waals surface area contributed by atoms with Crippen LogP contribution in [0.25, 0.3) is 55.7 Å². The molecule has 1 aromatic carbocycles. The molecule has 6 aromatic rings. The highest BCUT2D eigenvalue weighted by Gasteiger charge is 2.16. The van der Waals surface area contributed by atoms with Crippen molar-refractivity contribution in [2.45, 2.75) is 0 Å². The van der Waals surface area contributed by atoms with Gasteiger partial charge in [-0.25, -0.2) is 9.37 Å². The molecule has 8 heteroatoms. The smallest absolute Gasteiger partial charge is 0.138 e. The molecule has 32 heavy (non-hydrogen) atoms. The summed E-state index contributed by atoms with van der Waals surface area (Å²) in [6.07, 6.45) is 6.71. The molecule has 0 aliphatic heterocycles. The van der Waals surface area contributed by atoms with Gasteiger partial charge in [0.15, 0.2) is 0 Å². The number of benzene rings is 1. The Morgan fingerprint density at radius 1 is 0.875 bits per heavy atom. The number of nitrogens with two attached hydrogens (primary N) is 1. The molecule has 0 atom stereocenters. The van der Waals surface area contributed by atoms with Crippen LogP contribution in [-0.2, 0) is 0 Å². The number of nitrogen functional groups attached to an aromatic ring is 1. The van der Waals surface area contributed by atoms with Crippen molar-refractivity contribution in [3.8, 4) is 33.8 Å². The summed E-state index contributed by atoms with van der Waals surface area (Å²) >= 11 is 0. The van der Waals surface area contributed by atoms with Gasteiger partial charge in [-0.1, -0.05) is 18.2 Å². The molecule has 0 fully saturated rings. The van der Waals surface area contributed by atoms with Gasteiger partial charge in [-0.3, -0.25) is 15.1 Å². The van der Waals surface area contributed by atoms with Crippen LogP contribution in [0.4, 0.5) is 10.1 Å². The van der Waals surface area contributed by atoms with E-state index in [9.17, 15) is 4.39 Å². The molecule has 154 valence electrons. The number of hydrogen-bond donors (Lipinski definition) is 3. The van der Waals surface area contributed by atoms with Crippen LogP contribution in [0.15, 0.2) is 73.3 Å². The number of aromatic amines is 2. The van der Waals surface area contributed by atoms with Crippen LogP contribution in [0.1, 0.15) is 0 Å². The Morgan fingerprint density at radius 3 is 2.66 bits per heavy atom. The fourth-order valence-corrected chi connectivity index (χ4v) is 3.95. The molecular weight excluding hydrogens is 405 g/mol. The Hall–Kier alpha value is -4.59. The highest BCUT2D eigenvalue weighted by molar-refractivity contribution is 6.00. The third-order valence-corrected chi connectivity index (χ3v) is 5.45. The Kier molecular flexibility index (Phi) is 3.97. The second kappa shape index (κ2) is 6.98. The van der Waals surface area contributed by atoms with Gasteiger partial charge in [-0.05, 0) is 35.9 Å². The largest absolute Gasteiger partial charge is 0.397 e. The monoisotopic (exact) mass is 421 g/mol. The number of H-pyrrole nitrogens is 2. The lowest BCUT2D eigenvalue weighted by atomic mass is 10.0.